The topological polar surface area (TPSA) is 73.9 Å². The van der Waals surface area contributed by atoms with E-state index in [1.54, 1.807) is 6.07 Å². The number of amides is 1. The first-order chi connectivity index (χ1) is 14.2. The van der Waals surface area contributed by atoms with Crippen LogP contribution in [-0.4, -0.2) is 35.1 Å². The van der Waals surface area contributed by atoms with Gasteiger partial charge in [-0.05, 0) is 42.7 Å². The Hall–Kier alpha value is -3.22. The summed E-state index contributed by atoms with van der Waals surface area (Å²) in [5.74, 6) is 1.11. The molecule has 0 radical (unpaired) electrons. The number of ether oxygens (including phenoxy) is 2. The van der Waals surface area contributed by atoms with Crippen molar-refractivity contribution in [2.45, 2.75) is 31.8 Å². The maximum atomic E-state index is 13.0. The van der Waals surface area contributed by atoms with E-state index in [0.29, 0.717) is 25.3 Å². The minimum atomic E-state index is -0.427. The summed E-state index contributed by atoms with van der Waals surface area (Å²) in [7, 11) is 0. The monoisotopic (exact) mass is 394 g/mol. The Morgan fingerprint density at radius 2 is 1.90 bits per heavy atom. The number of aryl methyl sites for hydroxylation is 1. The van der Waals surface area contributed by atoms with E-state index in [2.05, 4.69) is 0 Å². The van der Waals surface area contributed by atoms with Crippen molar-refractivity contribution in [2.24, 2.45) is 0 Å². The van der Waals surface area contributed by atoms with Gasteiger partial charge in [-0.1, -0.05) is 18.2 Å². The maximum Gasteiger partial charge on any atom is 0.419 e. The molecule has 1 aromatic heterocycles. The van der Waals surface area contributed by atoms with Gasteiger partial charge in [0, 0.05) is 19.5 Å². The second-order valence-corrected chi connectivity index (χ2v) is 7.39. The zero-order valence-corrected chi connectivity index (χ0v) is 16.0. The van der Waals surface area contributed by atoms with Crippen LogP contribution in [0.25, 0.3) is 11.1 Å². The van der Waals surface area contributed by atoms with Crippen LogP contribution in [-0.2, 0) is 11.3 Å². The molecular weight excluding hydrogens is 372 g/mol. The first-order valence-corrected chi connectivity index (χ1v) is 9.98. The summed E-state index contributed by atoms with van der Waals surface area (Å²) in [6.45, 7) is 2.12. The average molecular weight is 394 g/mol. The van der Waals surface area contributed by atoms with E-state index in [0.717, 1.165) is 42.0 Å². The first kappa shape index (κ1) is 17.8. The molecule has 2 aromatic carbocycles. The summed E-state index contributed by atoms with van der Waals surface area (Å²) < 4.78 is 18.1. The largest absolute Gasteiger partial charge is 0.486 e. The molecule has 7 nitrogen and oxygen atoms in total. The Labute approximate surface area is 167 Å². The fraction of sp³-hybridized carbons (Fsp3) is 0.364. The van der Waals surface area contributed by atoms with Gasteiger partial charge >= 0.3 is 5.76 Å². The summed E-state index contributed by atoms with van der Waals surface area (Å²) >= 11 is 0. The van der Waals surface area contributed by atoms with Gasteiger partial charge in [-0.3, -0.25) is 9.36 Å². The van der Waals surface area contributed by atoms with Crippen LogP contribution < -0.4 is 15.2 Å². The van der Waals surface area contributed by atoms with Gasteiger partial charge < -0.3 is 18.8 Å². The van der Waals surface area contributed by atoms with Gasteiger partial charge in [0.25, 0.3) is 0 Å². The molecule has 7 heteroatoms. The molecule has 2 aliphatic heterocycles. The summed E-state index contributed by atoms with van der Waals surface area (Å²) in [6.07, 6.45) is 2.13. The van der Waals surface area contributed by atoms with E-state index >= 15 is 0 Å². The summed E-state index contributed by atoms with van der Waals surface area (Å²) in [4.78, 5) is 27.0. The Morgan fingerprint density at radius 1 is 1.07 bits per heavy atom. The molecule has 2 aliphatic rings. The number of nitrogens with zero attached hydrogens (tertiary/aromatic N) is 2. The van der Waals surface area contributed by atoms with Crippen LogP contribution in [0.1, 0.15) is 30.9 Å². The molecule has 0 N–H and O–H groups in total. The molecule has 1 fully saturated rings. The predicted octanol–water partition coefficient (Wildman–Crippen LogP) is 3.12. The summed E-state index contributed by atoms with van der Waals surface area (Å²) in [5.41, 5.74) is 2.32. The van der Waals surface area contributed by atoms with Gasteiger partial charge in [0.15, 0.2) is 17.1 Å². The number of carbonyl (C=O) groups excluding carboxylic acids is 1. The van der Waals surface area contributed by atoms with E-state index in [4.69, 9.17) is 13.9 Å². The van der Waals surface area contributed by atoms with Gasteiger partial charge in [-0.15, -0.1) is 0 Å². The van der Waals surface area contributed by atoms with Crippen molar-refractivity contribution in [3.8, 4) is 11.5 Å². The molecule has 1 saturated heterocycles. The standard InChI is InChI=1S/C22H22N2O5/c25-21(9-11-24-17-4-1-2-6-18(17)29-22(24)26)23-10-3-5-16(23)15-7-8-19-20(14-15)28-13-12-27-19/h1-2,4,6-8,14,16H,3,5,9-13H2/t16-/m0/s1. The molecule has 1 amide bonds. The molecule has 1 atom stereocenters. The number of fused-ring (bicyclic) bond motifs is 2. The van der Waals surface area contributed by atoms with E-state index < -0.39 is 5.76 Å². The molecule has 3 heterocycles. The van der Waals surface area contributed by atoms with E-state index in [1.165, 1.54) is 4.57 Å². The lowest BCUT2D eigenvalue weighted by molar-refractivity contribution is -0.132. The lowest BCUT2D eigenvalue weighted by Crippen LogP contribution is -2.32. The van der Waals surface area contributed by atoms with Crippen LogP contribution >= 0.6 is 0 Å². The molecule has 150 valence electrons. The third-order valence-corrected chi connectivity index (χ3v) is 5.65. The Balaban J connectivity index is 1.33. The highest BCUT2D eigenvalue weighted by Crippen LogP contribution is 2.38. The van der Waals surface area contributed by atoms with Gasteiger partial charge in [0.1, 0.15) is 13.2 Å². The highest BCUT2D eigenvalue weighted by Gasteiger charge is 2.30. The van der Waals surface area contributed by atoms with Crippen molar-refractivity contribution in [2.75, 3.05) is 19.8 Å². The van der Waals surface area contributed by atoms with Crippen LogP contribution in [0.5, 0.6) is 11.5 Å². The Kier molecular flexibility index (Phi) is 4.50. The lowest BCUT2D eigenvalue weighted by Gasteiger charge is -2.27. The number of para-hydroxylation sites is 2. The molecule has 0 unspecified atom stereocenters. The van der Waals surface area contributed by atoms with E-state index in [-0.39, 0.29) is 18.4 Å². The van der Waals surface area contributed by atoms with Crippen molar-refractivity contribution >= 4 is 17.0 Å². The van der Waals surface area contributed by atoms with E-state index in [1.807, 2.05) is 41.3 Å². The minimum Gasteiger partial charge on any atom is -0.486 e. The van der Waals surface area contributed by atoms with Crippen molar-refractivity contribution in [1.82, 2.24) is 9.47 Å². The lowest BCUT2D eigenvalue weighted by atomic mass is 10.0. The van der Waals surface area contributed by atoms with Gasteiger partial charge in [0.2, 0.25) is 5.91 Å². The number of hydrogen-bond acceptors (Lipinski definition) is 5. The third kappa shape index (κ3) is 3.26. The number of aromatic nitrogens is 1. The number of rotatable bonds is 4. The van der Waals surface area contributed by atoms with Crippen molar-refractivity contribution < 1.29 is 18.7 Å². The first-order valence-electron chi connectivity index (χ1n) is 9.98. The highest BCUT2D eigenvalue weighted by atomic mass is 16.6. The fourth-order valence-corrected chi connectivity index (χ4v) is 4.26. The highest BCUT2D eigenvalue weighted by molar-refractivity contribution is 5.78. The number of benzene rings is 2. The number of hydrogen-bond donors (Lipinski definition) is 0. The SMILES string of the molecule is O=C(CCn1c(=O)oc2ccccc21)N1CCC[C@H]1c1ccc2c(c1)OCCO2. The normalized spacial score (nSPS) is 18.3. The summed E-state index contributed by atoms with van der Waals surface area (Å²) in [5, 5.41) is 0. The van der Waals surface area contributed by atoms with Gasteiger partial charge in [-0.2, -0.15) is 0 Å². The second kappa shape index (κ2) is 7.31. The number of oxazole rings is 1. The molecule has 0 aliphatic carbocycles. The van der Waals surface area contributed by atoms with E-state index in [9.17, 15) is 9.59 Å². The fourth-order valence-electron chi connectivity index (χ4n) is 4.26. The molecule has 0 saturated carbocycles. The van der Waals surface area contributed by atoms with Crippen LogP contribution in [0.2, 0.25) is 0 Å². The third-order valence-electron chi connectivity index (χ3n) is 5.65. The van der Waals surface area contributed by atoms with Crippen molar-refractivity contribution in [1.29, 1.82) is 0 Å². The van der Waals surface area contributed by atoms with Crippen molar-refractivity contribution in [3.63, 3.8) is 0 Å². The van der Waals surface area contributed by atoms with Gasteiger partial charge in [0.05, 0.1) is 11.6 Å². The Morgan fingerprint density at radius 3 is 2.79 bits per heavy atom. The minimum absolute atomic E-state index is 0.0242. The molecule has 5 rings (SSSR count). The predicted molar refractivity (Wildman–Crippen MR) is 106 cm³/mol. The smallest absolute Gasteiger partial charge is 0.419 e. The van der Waals surface area contributed by atoms with Gasteiger partial charge in [-0.25, -0.2) is 4.79 Å². The second-order valence-electron chi connectivity index (χ2n) is 7.39. The zero-order valence-electron chi connectivity index (χ0n) is 16.0. The molecular formula is C22H22N2O5. The van der Waals surface area contributed by atoms with Crippen molar-refractivity contribution in [3.05, 3.63) is 58.6 Å². The Bertz CT molecular complexity index is 1120. The van der Waals surface area contributed by atoms with Crippen LogP contribution in [0.15, 0.2) is 51.7 Å². The summed E-state index contributed by atoms with van der Waals surface area (Å²) in [6, 6.07) is 13.2. The molecule has 0 spiro atoms. The number of carbonyl (C=O) groups is 1. The number of likely N-dealkylation sites (tertiary alicyclic amines) is 1. The molecule has 29 heavy (non-hydrogen) atoms. The molecule has 0 bridgehead atoms. The van der Waals surface area contributed by atoms with Crippen LogP contribution in [0.4, 0.5) is 0 Å². The maximum absolute atomic E-state index is 13.0. The van der Waals surface area contributed by atoms with Crippen LogP contribution in [0.3, 0.4) is 0 Å². The average Bonchev–Trinajstić information content (AvgIpc) is 3.36. The van der Waals surface area contributed by atoms with Crippen LogP contribution in [0, 0.1) is 0 Å². The zero-order chi connectivity index (χ0) is 19.8. The quantitative estimate of drug-likeness (QED) is 0.680. The molecule has 3 aromatic rings.